The van der Waals surface area contributed by atoms with Gasteiger partial charge < -0.3 is 15.1 Å². The number of anilines is 1. The largest absolute Gasteiger partial charge is 0.459 e. The summed E-state index contributed by atoms with van der Waals surface area (Å²) in [4.78, 5) is 13.8. The van der Waals surface area contributed by atoms with Gasteiger partial charge in [0.25, 0.3) is 5.91 Å². The number of hydrogen-bond donors (Lipinski definition) is 1. The van der Waals surface area contributed by atoms with E-state index < -0.39 is 0 Å². The van der Waals surface area contributed by atoms with Gasteiger partial charge in [0.2, 0.25) is 0 Å². The summed E-state index contributed by atoms with van der Waals surface area (Å²) in [5, 5.41) is 0. The van der Waals surface area contributed by atoms with Crippen LogP contribution in [0.4, 0.5) is 5.69 Å². The Labute approximate surface area is 106 Å². The lowest BCUT2D eigenvalue weighted by Gasteiger charge is -2.16. The zero-order chi connectivity index (χ0) is 13.1. The third kappa shape index (κ3) is 2.28. The summed E-state index contributed by atoms with van der Waals surface area (Å²) in [7, 11) is 1.72. The maximum Gasteiger partial charge on any atom is 0.293 e. The van der Waals surface area contributed by atoms with Crippen LogP contribution in [0.15, 0.2) is 41.0 Å². The number of furan rings is 1. The highest BCUT2D eigenvalue weighted by Crippen LogP contribution is 2.18. The summed E-state index contributed by atoms with van der Waals surface area (Å²) < 4.78 is 5.20. The third-order valence-electron chi connectivity index (χ3n) is 2.92. The molecular weight excluding hydrogens is 228 g/mol. The molecule has 1 aromatic heterocycles. The molecule has 1 amide bonds. The van der Waals surface area contributed by atoms with Gasteiger partial charge in [0.15, 0.2) is 5.76 Å². The molecule has 0 unspecified atom stereocenters. The summed E-state index contributed by atoms with van der Waals surface area (Å²) in [5.41, 5.74) is 8.22. The van der Waals surface area contributed by atoms with E-state index in [0.717, 1.165) is 16.8 Å². The smallest absolute Gasteiger partial charge is 0.293 e. The molecule has 4 nitrogen and oxygen atoms in total. The van der Waals surface area contributed by atoms with Crippen molar-refractivity contribution in [2.75, 3.05) is 11.9 Å². The molecule has 0 aliphatic heterocycles. The number of rotatable bonds is 3. The highest BCUT2D eigenvalue weighted by atomic mass is 16.3. The van der Waals surface area contributed by atoms with Crippen LogP contribution >= 0.6 is 0 Å². The van der Waals surface area contributed by atoms with Crippen LogP contribution in [0.1, 0.15) is 21.7 Å². The summed E-state index contributed by atoms with van der Waals surface area (Å²) in [6.45, 7) is 2.34. The normalized spacial score (nSPS) is 10.4. The summed E-state index contributed by atoms with van der Waals surface area (Å²) in [6, 6.07) is 9.34. The molecule has 1 aromatic carbocycles. The van der Waals surface area contributed by atoms with Gasteiger partial charge in [-0.15, -0.1) is 0 Å². The van der Waals surface area contributed by atoms with E-state index in [-0.39, 0.29) is 5.91 Å². The highest BCUT2D eigenvalue weighted by molar-refractivity contribution is 6.04. The number of nitrogens with two attached hydrogens (primary N) is 1. The molecule has 18 heavy (non-hydrogen) atoms. The third-order valence-corrected chi connectivity index (χ3v) is 2.92. The van der Waals surface area contributed by atoms with Crippen molar-refractivity contribution in [2.45, 2.75) is 13.5 Å². The Morgan fingerprint density at radius 1 is 1.28 bits per heavy atom. The Hall–Kier alpha value is -2.07. The maximum absolute atomic E-state index is 12.2. The van der Waals surface area contributed by atoms with E-state index in [2.05, 4.69) is 0 Å². The van der Waals surface area contributed by atoms with Crippen molar-refractivity contribution in [3.63, 3.8) is 0 Å². The van der Waals surface area contributed by atoms with E-state index in [4.69, 9.17) is 10.2 Å². The lowest BCUT2D eigenvalue weighted by molar-refractivity contribution is 0.0965. The lowest BCUT2D eigenvalue weighted by Crippen LogP contribution is -2.26. The fourth-order valence-electron chi connectivity index (χ4n) is 1.72. The molecule has 1 heterocycles. The van der Waals surface area contributed by atoms with Crippen LogP contribution in [-0.4, -0.2) is 13.0 Å². The van der Waals surface area contributed by atoms with Crippen molar-refractivity contribution in [2.24, 2.45) is 5.73 Å². The van der Waals surface area contributed by atoms with Gasteiger partial charge in [-0.2, -0.15) is 0 Å². The monoisotopic (exact) mass is 244 g/mol. The number of aryl methyl sites for hydroxylation is 1. The van der Waals surface area contributed by atoms with Gasteiger partial charge in [-0.25, -0.2) is 0 Å². The number of carbonyl (C=O) groups is 1. The van der Waals surface area contributed by atoms with Crippen LogP contribution in [-0.2, 0) is 6.54 Å². The second kappa shape index (κ2) is 5.06. The number of nitrogens with zero attached hydrogens (tertiary/aromatic N) is 1. The van der Waals surface area contributed by atoms with Gasteiger partial charge in [-0.3, -0.25) is 4.79 Å². The molecule has 94 valence electrons. The Morgan fingerprint density at radius 3 is 2.44 bits per heavy atom. The first kappa shape index (κ1) is 12.4. The first-order valence-electron chi connectivity index (χ1n) is 5.74. The van der Waals surface area contributed by atoms with Gasteiger partial charge in [0.1, 0.15) is 0 Å². The van der Waals surface area contributed by atoms with E-state index in [1.807, 2.05) is 31.2 Å². The number of benzene rings is 1. The van der Waals surface area contributed by atoms with E-state index >= 15 is 0 Å². The van der Waals surface area contributed by atoms with Crippen molar-refractivity contribution in [1.29, 1.82) is 0 Å². The van der Waals surface area contributed by atoms with Crippen LogP contribution in [0.2, 0.25) is 0 Å². The topological polar surface area (TPSA) is 59.5 Å². The van der Waals surface area contributed by atoms with Gasteiger partial charge in [0.05, 0.1) is 6.26 Å². The van der Waals surface area contributed by atoms with Gasteiger partial charge in [-0.05, 0) is 30.7 Å². The van der Waals surface area contributed by atoms with Crippen molar-refractivity contribution >= 4 is 11.6 Å². The molecule has 4 heteroatoms. The van der Waals surface area contributed by atoms with Crippen LogP contribution in [0, 0.1) is 6.92 Å². The molecule has 0 aliphatic carbocycles. The first-order valence-corrected chi connectivity index (χ1v) is 5.74. The molecule has 2 rings (SSSR count). The maximum atomic E-state index is 12.2. The number of hydrogen-bond acceptors (Lipinski definition) is 3. The van der Waals surface area contributed by atoms with Crippen LogP contribution < -0.4 is 10.6 Å². The zero-order valence-electron chi connectivity index (χ0n) is 10.5. The molecule has 0 atom stereocenters. The standard InChI is InChI=1S/C14H16N2O2/c1-10-7-8-18-13(10)14(17)16(2)12-5-3-11(9-15)4-6-12/h3-8H,9,15H2,1-2H3. The fraction of sp³-hybridized carbons (Fsp3) is 0.214. The zero-order valence-corrected chi connectivity index (χ0v) is 10.5. The Balaban J connectivity index is 2.23. The first-order chi connectivity index (χ1) is 8.63. The summed E-state index contributed by atoms with van der Waals surface area (Å²) in [5.74, 6) is 0.221. The SMILES string of the molecule is Cc1ccoc1C(=O)N(C)c1ccc(CN)cc1. The van der Waals surface area contributed by atoms with Gasteiger partial charge in [0, 0.05) is 24.8 Å². The summed E-state index contributed by atoms with van der Waals surface area (Å²) >= 11 is 0. The molecule has 0 spiro atoms. The number of amides is 1. The average Bonchev–Trinajstić information content (AvgIpc) is 2.83. The molecule has 0 aliphatic rings. The average molecular weight is 244 g/mol. The van der Waals surface area contributed by atoms with Crippen LogP contribution in [0.5, 0.6) is 0 Å². The quantitative estimate of drug-likeness (QED) is 0.901. The van der Waals surface area contributed by atoms with Crippen molar-refractivity contribution in [3.05, 3.63) is 53.5 Å². The Bertz CT molecular complexity index is 543. The molecule has 2 aromatic rings. The van der Waals surface area contributed by atoms with E-state index in [0.29, 0.717) is 12.3 Å². The molecule has 0 bridgehead atoms. The minimum atomic E-state index is -0.155. The minimum absolute atomic E-state index is 0.155. The van der Waals surface area contributed by atoms with Gasteiger partial charge in [-0.1, -0.05) is 12.1 Å². The van der Waals surface area contributed by atoms with E-state index in [1.54, 1.807) is 18.0 Å². The Kier molecular flexibility index (Phi) is 3.48. The second-order valence-corrected chi connectivity index (χ2v) is 4.17. The van der Waals surface area contributed by atoms with Crippen LogP contribution in [0.25, 0.3) is 0 Å². The highest BCUT2D eigenvalue weighted by Gasteiger charge is 2.18. The molecule has 0 fully saturated rings. The van der Waals surface area contributed by atoms with Crippen molar-refractivity contribution in [1.82, 2.24) is 0 Å². The predicted octanol–water partition coefficient (Wildman–Crippen LogP) is 2.32. The lowest BCUT2D eigenvalue weighted by atomic mass is 10.2. The van der Waals surface area contributed by atoms with Crippen LogP contribution in [0.3, 0.4) is 0 Å². The van der Waals surface area contributed by atoms with Crippen molar-refractivity contribution in [3.8, 4) is 0 Å². The summed E-state index contributed by atoms with van der Waals surface area (Å²) in [6.07, 6.45) is 1.52. The molecule has 0 saturated heterocycles. The predicted molar refractivity (Wildman–Crippen MR) is 70.5 cm³/mol. The van der Waals surface area contributed by atoms with Crippen molar-refractivity contribution < 1.29 is 9.21 Å². The second-order valence-electron chi connectivity index (χ2n) is 4.17. The molecule has 0 saturated carbocycles. The minimum Gasteiger partial charge on any atom is -0.459 e. The Morgan fingerprint density at radius 2 is 1.94 bits per heavy atom. The molecule has 2 N–H and O–H groups in total. The number of carbonyl (C=O) groups excluding carboxylic acids is 1. The van der Waals surface area contributed by atoms with E-state index in [9.17, 15) is 4.79 Å². The fourth-order valence-corrected chi connectivity index (χ4v) is 1.72. The molecule has 0 radical (unpaired) electrons. The van der Waals surface area contributed by atoms with Gasteiger partial charge >= 0.3 is 0 Å². The molecular formula is C14H16N2O2. The van der Waals surface area contributed by atoms with E-state index in [1.165, 1.54) is 6.26 Å².